The molecular formula is C19H11F4N3O. The van der Waals surface area contributed by atoms with Gasteiger partial charge in [0.25, 0.3) is 0 Å². The van der Waals surface area contributed by atoms with E-state index >= 15 is 0 Å². The van der Waals surface area contributed by atoms with Gasteiger partial charge >= 0.3 is 0 Å². The molecule has 0 fully saturated rings. The zero-order chi connectivity index (χ0) is 19.1. The third kappa shape index (κ3) is 3.04. The van der Waals surface area contributed by atoms with Gasteiger partial charge in [-0.05, 0) is 24.3 Å². The van der Waals surface area contributed by atoms with Crippen LogP contribution in [0.2, 0.25) is 0 Å². The van der Waals surface area contributed by atoms with Gasteiger partial charge in [0.15, 0.2) is 0 Å². The molecule has 136 valence electrons. The lowest BCUT2D eigenvalue weighted by molar-refractivity contribution is 0.269. The maximum atomic E-state index is 14.5. The van der Waals surface area contributed by atoms with Crippen molar-refractivity contribution in [3.05, 3.63) is 77.9 Å². The van der Waals surface area contributed by atoms with Crippen molar-refractivity contribution < 1.29 is 22.7 Å². The van der Waals surface area contributed by atoms with Crippen molar-refractivity contribution in [2.75, 3.05) is 0 Å². The number of benzene rings is 1. The molecule has 0 aliphatic heterocycles. The number of aromatic nitrogens is 3. The third-order valence-corrected chi connectivity index (χ3v) is 4.16. The minimum Gasteiger partial charge on any atom is -0.391 e. The van der Waals surface area contributed by atoms with Crippen LogP contribution < -0.4 is 0 Å². The highest BCUT2D eigenvalue weighted by atomic mass is 19.1. The first-order chi connectivity index (χ1) is 13.0. The van der Waals surface area contributed by atoms with Crippen molar-refractivity contribution >= 4 is 5.65 Å². The number of halogens is 4. The third-order valence-electron chi connectivity index (χ3n) is 4.16. The Kier molecular flexibility index (Phi) is 4.12. The maximum Gasteiger partial charge on any atom is 0.216 e. The molecule has 0 amide bonds. The predicted molar refractivity (Wildman–Crippen MR) is 89.6 cm³/mol. The van der Waals surface area contributed by atoms with Crippen LogP contribution in [0.4, 0.5) is 17.6 Å². The van der Waals surface area contributed by atoms with Crippen LogP contribution in [-0.4, -0.2) is 19.5 Å². The van der Waals surface area contributed by atoms with Gasteiger partial charge in [0.2, 0.25) is 11.9 Å². The summed E-state index contributed by atoms with van der Waals surface area (Å²) in [4.78, 5) is 7.32. The van der Waals surface area contributed by atoms with Gasteiger partial charge in [-0.2, -0.15) is 13.8 Å². The van der Waals surface area contributed by atoms with Gasteiger partial charge in [-0.15, -0.1) is 0 Å². The van der Waals surface area contributed by atoms with Gasteiger partial charge < -0.3 is 9.51 Å². The largest absolute Gasteiger partial charge is 0.391 e. The molecule has 3 heterocycles. The van der Waals surface area contributed by atoms with Crippen LogP contribution in [-0.2, 0) is 6.61 Å². The molecule has 8 heteroatoms. The topological polar surface area (TPSA) is 50.4 Å². The van der Waals surface area contributed by atoms with E-state index < -0.39 is 35.7 Å². The zero-order valence-corrected chi connectivity index (χ0v) is 13.6. The van der Waals surface area contributed by atoms with Crippen molar-refractivity contribution in [3.63, 3.8) is 0 Å². The van der Waals surface area contributed by atoms with Crippen LogP contribution in [0.3, 0.4) is 0 Å². The zero-order valence-electron chi connectivity index (χ0n) is 13.6. The second-order valence-electron chi connectivity index (χ2n) is 5.86. The van der Waals surface area contributed by atoms with Crippen LogP contribution in [0.1, 0.15) is 5.56 Å². The monoisotopic (exact) mass is 373 g/mol. The molecule has 0 atom stereocenters. The first-order valence-electron chi connectivity index (χ1n) is 7.86. The average Bonchev–Trinajstić information content (AvgIpc) is 3.05. The number of nitrogens with zero attached hydrogens (tertiary/aromatic N) is 3. The van der Waals surface area contributed by atoms with Crippen LogP contribution in [0.15, 0.2) is 48.8 Å². The van der Waals surface area contributed by atoms with E-state index in [1.165, 1.54) is 12.3 Å². The lowest BCUT2D eigenvalue weighted by Crippen LogP contribution is -1.98. The van der Waals surface area contributed by atoms with E-state index in [0.29, 0.717) is 16.9 Å². The highest BCUT2D eigenvalue weighted by molar-refractivity contribution is 5.68. The highest BCUT2D eigenvalue weighted by Gasteiger charge is 2.15. The van der Waals surface area contributed by atoms with Gasteiger partial charge in [0.1, 0.15) is 17.3 Å². The quantitative estimate of drug-likeness (QED) is 0.434. The fourth-order valence-corrected chi connectivity index (χ4v) is 2.87. The van der Waals surface area contributed by atoms with Crippen LogP contribution in [0, 0.1) is 23.5 Å². The summed E-state index contributed by atoms with van der Waals surface area (Å²) in [6, 6.07) is 7.63. The normalized spacial score (nSPS) is 11.3. The second kappa shape index (κ2) is 6.48. The number of pyridine rings is 2. The number of aliphatic hydroxyl groups excluding tert-OH is 1. The maximum absolute atomic E-state index is 14.5. The number of imidazole rings is 1. The SMILES string of the molecule is OCc1c(F)ccc(-c2ccc3nc(-c4cc(F)nc(F)c4)cn3c2)c1F. The summed E-state index contributed by atoms with van der Waals surface area (Å²) in [6.07, 6.45) is 3.08. The van der Waals surface area contributed by atoms with E-state index in [2.05, 4.69) is 9.97 Å². The number of fused-ring (bicyclic) bond motifs is 1. The van der Waals surface area contributed by atoms with Crippen molar-refractivity contribution in [1.82, 2.24) is 14.4 Å². The van der Waals surface area contributed by atoms with Crippen LogP contribution in [0.5, 0.6) is 0 Å². The van der Waals surface area contributed by atoms with Gasteiger partial charge in [-0.3, -0.25) is 0 Å². The summed E-state index contributed by atoms with van der Waals surface area (Å²) in [5.41, 5.74) is 1.10. The van der Waals surface area contributed by atoms with E-state index in [0.717, 1.165) is 18.2 Å². The van der Waals surface area contributed by atoms with Gasteiger partial charge in [0, 0.05) is 46.8 Å². The van der Waals surface area contributed by atoms with E-state index in [-0.39, 0.29) is 11.1 Å². The number of hydrogen-bond donors (Lipinski definition) is 1. The minimum atomic E-state index is -0.965. The Bertz CT molecular complexity index is 1150. The molecule has 0 aliphatic rings. The van der Waals surface area contributed by atoms with Crippen LogP contribution >= 0.6 is 0 Å². The molecule has 0 unspecified atom stereocenters. The van der Waals surface area contributed by atoms with Crippen molar-refractivity contribution in [3.8, 4) is 22.4 Å². The Morgan fingerprint density at radius 1 is 0.852 bits per heavy atom. The second-order valence-corrected chi connectivity index (χ2v) is 5.86. The molecule has 4 aromatic rings. The van der Waals surface area contributed by atoms with Crippen molar-refractivity contribution in [2.45, 2.75) is 6.61 Å². The minimum absolute atomic E-state index is 0.110. The standard InChI is InChI=1S/C19H11F4N3O/c20-14-3-2-12(19(23)13(14)9-27)10-1-4-18-24-15(8-26(18)7-10)11-5-16(21)25-17(22)6-11/h1-8,27H,9H2. The molecule has 3 aromatic heterocycles. The molecule has 1 N–H and O–H groups in total. The number of hydrogen-bond acceptors (Lipinski definition) is 3. The molecule has 0 spiro atoms. The van der Waals surface area contributed by atoms with Crippen molar-refractivity contribution in [1.29, 1.82) is 0 Å². The van der Waals surface area contributed by atoms with Crippen molar-refractivity contribution in [2.24, 2.45) is 0 Å². The first-order valence-corrected chi connectivity index (χ1v) is 7.86. The molecule has 4 rings (SSSR count). The van der Waals surface area contributed by atoms with Crippen LogP contribution in [0.25, 0.3) is 28.0 Å². The molecule has 0 bridgehead atoms. The molecule has 0 aliphatic carbocycles. The summed E-state index contributed by atoms with van der Waals surface area (Å²) in [5, 5.41) is 9.15. The molecule has 4 nitrogen and oxygen atoms in total. The number of rotatable bonds is 3. The lowest BCUT2D eigenvalue weighted by atomic mass is 10.0. The van der Waals surface area contributed by atoms with E-state index in [9.17, 15) is 17.6 Å². The van der Waals surface area contributed by atoms with E-state index in [4.69, 9.17) is 5.11 Å². The Hall–Kier alpha value is -3.26. The number of aliphatic hydroxyl groups is 1. The summed E-state index contributed by atoms with van der Waals surface area (Å²) in [6.45, 7) is -0.762. The molecule has 0 saturated carbocycles. The summed E-state index contributed by atoms with van der Waals surface area (Å²) in [5.74, 6) is -3.61. The van der Waals surface area contributed by atoms with Gasteiger partial charge in [-0.25, -0.2) is 13.8 Å². The van der Waals surface area contributed by atoms with E-state index in [1.54, 1.807) is 22.7 Å². The highest BCUT2D eigenvalue weighted by Crippen LogP contribution is 2.28. The summed E-state index contributed by atoms with van der Waals surface area (Å²) in [7, 11) is 0. The lowest BCUT2D eigenvalue weighted by Gasteiger charge is -2.08. The van der Waals surface area contributed by atoms with Gasteiger partial charge in [-0.1, -0.05) is 0 Å². The Morgan fingerprint density at radius 2 is 1.59 bits per heavy atom. The predicted octanol–water partition coefficient (Wildman–Crippen LogP) is 4.11. The Morgan fingerprint density at radius 3 is 2.30 bits per heavy atom. The molecule has 1 aromatic carbocycles. The Balaban J connectivity index is 1.82. The molecule has 0 saturated heterocycles. The summed E-state index contributed by atoms with van der Waals surface area (Å²) < 4.78 is 56.2. The molecular weight excluding hydrogens is 362 g/mol. The van der Waals surface area contributed by atoms with E-state index in [1.807, 2.05) is 0 Å². The summed E-state index contributed by atoms with van der Waals surface area (Å²) >= 11 is 0. The van der Waals surface area contributed by atoms with Gasteiger partial charge in [0.05, 0.1) is 12.3 Å². The first kappa shape index (κ1) is 17.2. The fraction of sp³-hybridized carbons (Fsp3) is 0.0526. The fourth-order valence-electron chi connectivity index (χ4n) is 2.87. The smallest absolute Gasteiger partial charge is 0.216 e. The Labute approximate surface area is 150 Å². The molecule has 0 radical (unpaired) electrons. The molecule has 27 heavy (non-hydrogen) atoms. The average molecular weight is 373 g/mol.